The molecule has 2 nitrogen and oxygen atoms in total. The summed E-state index contributed by atoms with van der Waals surface area (Å²) in [5.74, 6) is 0.859. The monoisotopic (exact) mass is 268 g/mol. The number of nitrogens with zero attached hydrogens (tertiary/aromatic N) is 1. The lowest BCUT2D eigenvalue weighted by molar-refractivity contribution is 0.387. The Kier molecular flexibility index (Phi) is 4.91. The lowest BCUT2D eigenvalue weighted by atomic mass is 9.78. The summed E-state index contributed by atoms with van der Waals surface area (Å²) in [7, 11) is 0. The summed E-state index contributed by atoms with van der Waals surface area (Å²) in [6.07, 6.45) is 4.89. The Morgan fingerprint density at radius 3 is 2.40 bits per heavy atom. The Morgan fingerprint density at radius 2 is 1.80 bits per heavy atom. The van der Waals surface area contributed by atoms with Crippen molar-refractivity contribution in [3.8, 4) is 0 Å². The van der Waals surface area contributed by atoms with Gasteiger partial charge in [0.15, 0.2) is 0 Å². The van der Waals surface area contributed by atoms with Gasteiger partial charge in [-0.25, -0.2) is 0 Å². The van der Waals surface area contributed by atoms with Crippen molar-refractivity contribution in [1.29, 1.82) is 0 Å². The van der Waals surface area contributed by atoms with Gasteiger partial charge < -0.3 is 5.73 Å². The number of aromatic nitrogens is 1. The largest absolute Gasteiger partial charge is 0.323 e. The highest BCUT2D eigenvalue weighted by atomic mass is 14.7. The Balaban J connectivity index is 2.36. The molecule has 0 aliphatic carbocycles. The second-order valence-corrected chi connectivity index (χ2v) is 5.64. The predicted molar refractivity (Wildman–Crippen MR) is 84.5 cm³/mol. The topological polar surface area (TPSA) is 38.9 Å². The zero-order valence-electron chi connectivity index (χ0n) is 12.6. The SMILES string of the molecule is CCC(C)C(c1ccccc1)C(N)c1cncc(C)c1. The molecular weight excluding hydrogens is 244 g/mol. The third-order valence-electron chi connectivity index (χ3n) is 4.11. The summed E-state index contributed by atoms with van der Waals surface area (Å²) < 4.78 is 0. The summed E-state index contributed by atoms with van der Waals surface area (Å²) in [6.45, 7) is 6.56. The van der Waals surface area contributed by atoms with Crippen LogP contribution in [0.15, 0.2) is 48.8 Å². The molecule has 0 fully saturated rings. The first-order valence-electron chi connectivity index (χ1n) is 7.35. The molecule has 0 saturated carbocycles. The maximum Gasteiger partial charge on any atom is 0.0382 e. The standard InChI is InChI=1S/C18H24N2/c1-4-14(3)17(15-8-6-5-7-9-15)18(19)16-10-13(2)11-20-12-16/h5-12,14,17-18H,4,19H2,1-3H3. The van der Waals surface area contributed by atoms with Crippen molar-refractivity contribution in [3.63, 3.8) is 0 Å². The molecule has 0 spiro atoms. The summed E-state index contributed by atoms with van der Waals surface area (Å²) in [4.78, 5) is 4.29. The summed E-state index contributed by atoms with van der Waals surface area (Å²) >= 11 is 0. The fraction of sp³-hybridized carbons (Fsp3) is 0.389. The minimum atomic E-state index is -0.0141. The number of hydrogen-bond acceptors (Lipinski definition) is 2. The molecule has 106 valence electrons. The molecule has 20 heavy (non-hydrogen) atoms. The van der Waals surface area contributed by atoms with E-state index in [-0.39, 0.29) is 6.04 Å². The van der Waals surface area contributed by atoms with Gasteiger partial charge in [0.2, 0.25) is 0 Å². The fourth-order valence-corrected chi connectivity index (χ4v) is 2.79. The molecule has 1 aromatic heterocycles. The van der Waals surface area contributed by atoms with Crippen LogP contribution in [0.25, 0.3) is 0 Å². The molecule has 0 amide bonds. The second-order valence-electron chi connectivity index (χ2n) is 5.64. The van der Waals surface area contributed by atoms with Gasteiger partial charge in [-0.15, -0.1) is 0 Å². The Labute approximate surface area is 122 Å². The molecule has 0 aliphatic heterocycles. The van der Waals surface area contributed by atoms with E-state index in [1.807, 2.05) is 12.4 Å². The van der Waals surface area contributed by atoms with Gasteiger partial charge in [0, 0.05) is 24.4 Å². The molecule has 3 unspecified atom stereocenters. The Bertz CT molecular complexity index is 536. The molecule has 0 saturated heterocycles. The van der Waals surface area contributed by atoms with Gasteiger partial charge in [-0.2, -0.15) is 0 Å². The average Bonchev–Trinajstić information content (AvgIpc) is 2.48. The Morgan fingerprint density at radius 1 is 1.10 bits per heavy atom. The van der Waals surface area contributed by atoms with Gasteiger partial charge >= 0.3 is 0 Å². The van der Waals surface area contributed by atoms with Gasteiger partial charge in [0.05, 0.1) is 0 Å². The lowest BCUT2D eigenvalue weighted by Gasteiger charge is -2.29. The Hall–Kier alpha value is -1.67. The van der Waals surface area contributed by atoms with E-state index in [9.17, 15) is 0 Å². The van der Waals surface area contributed by atoms with Gasteiger partial charge in [0.25, 0.3) is 0 Å². The van der Waals surface area contributed by atoms with E-state index < -0.39 is 0 Å². The number of nitrogens with two attached hydrogens (primary N) is 1. The van der Waals surface area contributed by atoms with Gasteiger partial charge in [-0.1, -0.05) is 56.7 Å². The van der Waals surface area contributed by atoms with E-state index in [0.29, 0.717) is 11.8 Å². The number of rotatable bonds is 5. The molecule has 0 bridgehead atoms. The van der Waals surface area contributed by atoms with E-state index in [1.54, 1.807) is 0 Å². The number of pyridine rings is 1. The van der Waals surface area contributed by atoms with Crippen molar-refractivity contribution < 1.29 is 0 Å². The third-order valence-corrected chi connectivity index (χ3v) is 4.11. The van der Waals surface area contributed by atoms with Crippen LogP contribution in [0.1, 0.15) is 48.9 Å². The van der Waals surface area contributed by atoms with Gasteiger partial charge in [-0.05, 0) is 29.5 Å². The minimum absolute atomic E-state index is 0.0141. The highest BCUT2D eigenvalue weighted by Gasteiger charge is 2.26. The smallest absolute Gasteiger partial charge is 0.0382 e. The first-order chi connectivity index (χ1) is 9.63. The van der Waals surface area contributed by atoms with Crippen LogP contribution in [0.2, 0.25) is 0 Å². The number of benzene rings is 1. The number of hydrogen-bond donors (Lipinski definition) is 1. The third kappa shape index (κ3) is 3.26. The molecule has 2 heteroatoms. The average molecular weight is 268 g/mol. The van der Waals surface area contributed by atoms with Crippen molar-refractivity contribution in [2.45, 2.75) is 39.2 Å². The van der Waals surface area contributed by atoms with Crippen LogP contribution >= 0.6 is 0 Å². The lowest BCUT2D eigenvalue weighted by Crippen LogP contribution is -2.25. The molecule has 0 aliphatic rings. The highest BCUT2D eigenvalue weighted by Crippen LogP contribution is 2.36. The van der Waals surface area contributed by atoms with E-state index in [0.717, 1.165) is 17.5 Å². The molecule has 1 heterocycles. The maximum absolute atomic E-state index is 6.58. The molecule has 0 radical (unpaired) electrons. The first-order valence-corrected chi connectivity index (χ1v) is 7.35. The number of aryl methyl sites for hydroxylation is 1. The van der Waals surface area contributed by atoms with Gasteiger partial charge in [-0.3, -0.25) is 4.98 Å². The van der Waals surface area contributed by atoms with Crippen LogP contribution < -0.4 is 5.73 Å². The van der Waals surface area contributed by atoms with E-state index in [1.165, 1.54) is 5.56 Å². The zero-order chi connectivity index (χ0) is 14.5. The first kappa shape index (κ1) is 14.7. The molecule has 3 atom stereocenters. The minimum Gasteiger partial charge on any atom is -0.323 e. The van der Waals surface area contributed by atoms with Gasteiger partial charge in [0.1, 0.15) is 0 Å². The van der Waals surface area contributed by atoms with Crippen molar-refractivity contribution >= 4 is 0 Å². The molecule has 2 aromatic rings. The van der Waals surface area contributed by atoms with E-state index in [2.05, 4.69) is 62.2 Å². The maximum atomic E-state index is 6.58. The zero-order valence-corrected chi connectivity index (χ0v) is 12.6. The summed E-state index contributed by atoms with van der Waals surface area (Å²) in [5.41, 5.74) is 10.2. The van der Waals surface area contributed by atoms with Crippen LogP contribution in [0.3, 0.4) is 0 Å². The van der Waals surface area contributed by atoms with Crippen LogP contribution in [0.5, 0.6) is 0 Å². The quantitative estimate of drug-likeness (QED) is 0.881. The normalized spacial score (nSPS) is 15.6. The molecular formula is C18H24N2. The second kappa shape index (κ2) is 6.67. The van der Waals surface area contributed by atoms with Crippen molar-refractivity contribution in [3.05, 3.63) is 65.5 Å². The van der Waals surface area contributed by atoms with Crippen LogP contribution in [0.4, 0.5) is 0 Å². The fourth-order valence-electron chi connectivity index (χ4n) is 2.79. The van der Waals surface area contributed by atoms with Crippen LogP contribution in [-0.4, -0.2) is 4.98 Å². The van der Waals surface area contributed by atoms with E-state index >= 15 is 0 Å². The summed E-state index contributed by atoms with van der Waals surface area (Å²) in [5, 5.41) is 0. The van der Waals surface area contributed by atoms with E-state index in [4.69, 9.17) is 5.73 Å². The molecule has 2 rings (SSSR count). The van der Waals surface area contributed by atoms with Crippen molar-refractivity contribution in [1.82, 2.24) is 4.98 Å². The summed E-state index contributed by atoms with van der Waals surface area (Å²) in [6, 6.07) is 12.7. The highest BCUT2D eigenvalue weighted by molar-refractivity contribution is 5.28. The predicted octanol–water partition coefficient (Wildman–Crippen LogP) is 4.22. The van der Waals surface area contributed by atoms with Crippen LogP contribution in [0, 0.1) is 12.8 Å². The van der Waals surface area contributed by atoms with Crippen molar-refractivity contribution in [2.75, 3.05) is 0 Å². The molecule has 1 aromatic carbocycles. The van der Waals surface area contributed by atoms with Crippen molar-refractivity contribution in [2.24, 2.45) is 11.7 Å². The molecule has 2 N–H and O–H groups in total. The van der Waals surface area contributed by atoms with Crippen LogP contribution in [-0.2, 0) is 0 Å².